The molecule has 152 valence electrons. The predicted octanol–water partition coefficient (Wildman–Crippen LogP) is 3.75. The number of amides is 1. The van der Waals surface area contributed by atoms with Crippen LogP contribution in [0.3, 0.4) is 0 Å². The average molecular weight is 401 g/mol. The minimum Gasteiger partial charge on any atom is -0.351 e. The first-order valence-electron chi connectivity index (χ1n) is 9.84. The number of aryl methyl sites for hydroxylation is 1. The molecule has 0 fully saturated rings. The molecule has 3 N–H and O–H groups in total. The molecule has 0 saturated carbocycles. The van der Waals surface area contributed by atoms with Crippen molar-refractivity contribution in [2.75, 3.05) is 0 Å². The summed E-state index contributed by atoms with van der Waals surface area (Å²) in [7, 11) is 0. The molecule has 0 aliphatic rings. The number of rotatable bonds is 5. The lowest BCUT2D eigenvalue weighted by atomic mass is 10.00. The monoisotopic (exact) mass is 401 g/mol. The highest BCUT2D eigenvalue weighted by atomic mass is 16.2. The van der Waals surface area contributed by atoms with E-state index in [-0.39, 0.29) is 17.4 Å². The van der Waals surface area contributed by atoms with Crippen LogP contribution >= 0.6 is 0 Å². The Morgan fingerprint density at radius 1 is 1.07 bits per heavy atom. The van der Waals surface area contributed by atoms with Crippen LogP contribution in [0.25, 0.3) is 22.4 Å². The molecule has 30 heavy (non-hydrogen) atoms. The summed E-state index contributed by atoms with van der Waals surface area (Å²) >= 11 is 0. The minimum atomic E-state index is -0.435. The molecule has 0 bridgehead atoms. The molecule has 1 atom stereocenters. The third-order valence-electron chi connectivity index (χ3n) is 5.07. The summed E-state index contributed by atoms with van der Waals surface area (Å²) in [4.78, 5) is 40.0. The Kier molecular flexibility index (Phi) is 5.18. The van der Waals surface area contributed by atoms with E-state index in [1.54, 1.807) is 18.3 Å². The fraction of sp³-hybridized carbons (Fsp3) is 0.217. The van der Waals surface area contributed by atoms with Crippen molar-refractivity contribution in [2.45, 2.75) is 26.8 Å². The van der Waals surface area contributed by atoms with Gasteiger partial charge in [0, 0.05) is 23.2 Å². The largest absolute Gasteiger partial charge is 0.351 e. The molecule has 0 spiro atoms. The SMILES string of the molecule is Cc1cccc2[nH]c(C(=O)N[C@H](c3cc(=O)[nH]c(-c4ccccn4)n3)C(C)C)cc12. The Balaban J connectivity index is 1.67. The number of aromatic nitrogens is 4. The maximum Gasteiger partial charge on any atom is 0.268 e. The van der Waals surface area contributed by atoms with Gasteiger partial charge in [0.2, 0.25) is 0 Å². The van der Waals surface area contributed by atoms with E-state index >= 15 is 0 Å². The number of carbonyl (C=O) groups is 1. The number of nitrogens with zero attached hydrogens (tertiary/aromatic N) is 2. The number of benzene rings is 1. The number of aromatic amines is 2. The van der Waals surface area contributed by atoms with Gasteiger partial charge in [0.15, 0.2) is 5.82 Å². The summed E-state index contributed by atoms with van der Waals surface area (Å²) < 4.78 is 0. The van der Waals surface area contributed by atoms with Crippen LogP contribution in [0.1, 0.15) is 41.6 Å². The fourth-order valence-electron chi connectivity index (χ4n) is 3.49. The highest BCUT2D eigenvalue weighted by molar-refractivity contribution is 5.99. The van der Waals surface area contributed by atoms with Gasteiger partial charge in [0.25, 0.3) is 11.5 Å². The standard InChI is InChI=1S/C23H23N5O2/c1-13(2)21(18-12-20(29)27-22(26-18)17-8-4-5-10-24-17)28-23(30)19-11-15-14(3)7-6-9-16(15)25-19/h4-13,21,25H,1-3H3,(H,28,30)(H,26,27,29)/t21-/m0/s1. The molecule has 3 aromatic heterocycles. The maximum absolute atomic E-state index is 13.0. The van der Waals surface area contributed by atoms with Gasteiger partial charge in [0.05, 0.1) is 11.7 Å². The summed E-state index contributed by atoms with van der Waals surface area (Å²) in [5.74, 6) is 0.149. The van der Waals surface area contributed by atoms with E-state index in [1.165, 1.54) is 6.07 Å². The molecular weight excluding hydrogens is 378 g/mol. The van der Waals surface area contributed by atoms with Gasteiger partial charge in [-0.05, 0) is 42.7 Å². The maximum atomic E-state index is 13.0. The van der Waals surface area contributed by atoms with Crippen LogP contribution < -0.4 is 10.9 Å². The zero-order valence-corrected chi connectivity index (χ0v) is 17.1. The molecular formula is C23H23N5O2. The number of carbonyl (C=O) groups excluding carboxylic acids is 1. The van der Waals surface area contributed by atoms with Crippen LogP contribution in [0.4, 0.5) is 0 Å². The summed E-state index contributed by atoms with van der Waals surface area (Å²) in [6, 6.07) is 14.1. The van der Waals surface area contributed by atoms with Gasteiger partial charge in [-0.2, -0.15) is 0 Å². The van der Waals surface area contributed by atoms with Gasteiger partial charge < -0.3 is 15.3 Å². The first kappa shape index (κ1) is 19.6. The Hall–Kier alpha value is -3.74. The lowest BCUT2D eigenvalue weighted by Crippen LogP contribution is -2.33. The molecule has 7 heteroatoms. The molecule has 1 aromatic carbocycles. The smallest absolute Gasteiger partial charge is 0.268 e. The summed E-state index contributed by atoms with van der Waals surface area (Å²) in [5.41, 5.74) is 3.25. The summed E-state index contributed by atoms with van der Waals surface area (Å²) in [6.07, 6.45) is 1.64. The number of fused-ring (bicyclic) bond motifs is 1. The molecule has 0 radical (unpaired) electrons. The van der Waals surface area contributed by atoms with E-state index < -0.39 is 6.04 Å². The van der Waals surface area contributed by atoms with Gasteiger partial charge in [-0.15, -0.1) is 0 Å². The van der Waals surface area contributed by atoms with Crippen molar-refractivity contribution >= 4 is 16.8 Å². The van der Waals surface area contributed by atoms with Gasteiger partial charge in [-0.3, -0.25) is 14.6 Å². The number of H-pyrrole nitrogens is 2. The molecule has 0 saturated heterocycles. The highest BCUT2D eigenvalue weighted by Crippen LogP contribution is 2.23. The van der Waals surface area contributed by atoms with Crippen molar-refractivity contribution in [3.63, 3.8) is 0 Å². The lowest BCUT2D eigenvalue weighted by molar-refractivity contribution is 0.0920. The molecule has 7 nitrogen and oxygen atoms in total. The van der Waals surface area contributed by atoms with E-state index in [1.807, 2.05) is 51.1 Å². The van der Waals surface area contributed by atoms with Gasteiger partial charge in [0.1, 0.15) is 11.4 Å². The normalized spacial score (nSPS) is 12.3. The predicted molar refractivity (Wildman–Crippen MR) is 116 cm³/mol. The molecule has 0 unspecified atom stereocenters. The molecule has 3 heterocycles. The third-order valence-corrected chi connectivity index (χ3v) is 5.07. The zero-order valence-electron chi connectivity index (χ0n) is 17.1. The zero-order chi connectivity index (χ0) is 21.3. The van der Waals surface area contributed by atoms with Crippen LogP contribution in [0.15, 0.2) is 59.5 Å². The summed E-state index contributed by atoms with van der Waals surface area (Å²) in [6.45, 7) is 5.96. The van der Waals surface area contributed by atoms with Gasteiger partial charge >= 0.3 is 0 Å². The van der Waals surface area contributed by atoms with Crippen molar-refractivity contribution in [3.05, 3.63) is 82.0 Å². The number of hydrogen-bond donors (Lipinski definition) is 3. The van der Waals surface area contributed by atoms with Crippen LogP contribution in [0.5, 0.6) is 0 Å². The molecule has 0 aliphatic heterocycles. The third kappa shape index (κ3) is 3.87. The van der Waals surface area contributed by atoms with E-state index in [9.17, 15) is 9.59 Å². The molecule has 0 aliphatic carbocycles. The van der Waals surface area contributed by atoms with E-state index in [4.69, 9.17) is 0 Å². The molecule has 1 amide bonds. The second kappa shape index (κ2) is 7.94. The van der Waals surface area contributed by atoms with Gasteiger partial charge in [-0.25, -0.2) is 4.98 Å². The number of hydrogen-bond acceptors (Lipinski definition) is 4. The van der Waals surface area contributed by atoms with Crippen molar-refractivity contribution in [1.29, 1.82) is 0 Å². The van der Waals surface area contributed by atoms with Crippen molar-refractivity contribution in [2.24, 2.45) is 5.92 Å². The van der Waals surface area contributed by atoms with Crippen molar-refractivity contribution in [3.8, 4) is 11.5 Å². The van der Waals surface area contributed by atoms with Crippen LogP contribution in [-0.4, -0.2) is 25.8 Å². The van der Waals surface area contributed by atoms with Crippen LogP contribution in [0.2, 0.25) is 0 Å². The van der Waals surface area contributed by atoms with E-state index in [0.29, 0.717) is 22.9 Å². The number of pyridine rings is 1. The second-order valence-corrected chi connectivity index (χ2v) is 7.65. The number of nitrogens with one attached hydrogen (secondary N) is 3. The summed E-state index contributed by atoms with van der Waals surface area (Å²) in [5, 5.41) is 4.04. The van der Waals surface area contributed by atoms with Crippen LogP contribution in [0, 0.1) is 12.8 Å². The topological polar surface area (TPSA) is 104 Å². The quantitative estimate of drug-likeness (QED) is 0.474. The first-order chi connectivity index (χ1) is 14.4. The van der Waals surface area contributed by atoms with E-state index in [2.05, 4.69) is 25.3 Å². The van der Waals surface area contributed by atoms with Gasteiger partial charge in [-0.1, -0.05) is 32.0 Å². The lowest BCUT2D eigenvalue weighted by Gasteiger charge is -2.22. The Morgan fingerprint density at radius 3 is 2.60 bits per heavy atom. The fourth-order valence-corrected chi connectivity index (χ4v) is 3.49. The van der Waals surface area contributed by atoms with Crippen molar-refractivity contribution in [1.82, 2.24) is 25.3 Å². The Morgan fingerprint density at radius 2 is 1.90 bits per heavy atom. The average Bonchev–Trinajstić information content (AvgIpc) is 3.18. The minimum absolute atomic E-state index is 0.0194. The van der Waals surface area contributed by atoms with Crippen molar-refractivity contribution < 1.29 is 4.79 Å². The Bertz CT molecular complexity index is 1260. The van der Waals surface area contributed by atoms with E-state index in [0.717, 1.165) is 16.5 Å². The molecule has 4 aromatic rings. The Labute approximate surface area is 173 Å². The van der Waals surface area contributed by atoms with Crippen LogP contribution in [-0.2, 0) is 0 Å². The second-order valence-electron chi connectivity index (χ2n) is 7.65. The first-order valence-corrected chi connectivity index (χ1v) is 9.84. The molecule has 4 rings (SSSR count). The highest BCUT2D eigenvalue weighted by Gasteiger charge is 2.23.